The van der Waals surface area contributed by atoms with Gasteiger partial charge in [-0.2, -0.15) is 0 Å². The van der Waals surface area contributed by atoms with Crippen molar-refractivity contribution in [2.75, 3.05) is 24.2 Å². The van der Waals surface area contributed by atoms with Gasteiger partial charge in [-0.3, -0.25) is 0 Å². The van der Waals surface area contributed by atoms with Crippen molar-refractivity contribution in [3.63, 3.8) is 0 Å². The molecule has 0 fully saturated rings. The number of likely N-dealkylation sites (N-methyl/N-ethyl adjacent to an activating group) is 1. The van der Waals surface area contributed by atoms with E-state index < -0.39 is 0 Å². The molecular formula is C12H18N2O. The molecule has 1 heterocycles. The summed E-state index contributed by atoms with van der Waals surface area (Å²) in [6, 6.07) is 2.03. The Morgan fingerprint density at radius 3 is 2.80 bits per heavy atom. The van der Waals surface area contributed by atoms with Crippen molar-refractivity contribution in [3.8, 4) is 5.75 Å². The molecule has 0 aromatic heterocycles. The molecule has 2 N–H and O–H groups in total. The Kier molecular flexibility index (Phi) is 2.25. The summed E-state index contributed by atoms with van der Waals surface area (Å²) in [5.41, 5.74) is 10.2. The summed E-state index contributed by atoms with van der Waals surface area (Å²) in [6.45, 7) is 7.07. The van der Waals surface area contributed by atoms with Gasteiger partial charge in [-0.1, -0.05) is 0 Å². The van der Waals surface area contributed by atoms with Gasteiger partial charge in [-0.25, -0.2) is 0 Å². The number of hydrogen-bond acceptors (Lipinski definition) is 3. The average Bonchev–Trinajstić information content (AvgIpc) is 2.13. The minimum Gasteiger partial charge on any atom is -0.487 e. The van der Waals surface area contributed by atoms with Crippen LogP contribution in [0, 0.1) is 13.8 Å². The van der Waals surface area contributed by atoms with Crippen molar-refractivity contribution in [2.24, 2.45) is 0 Å². The van der Waals surface area contributed by atoms with E-state index in [1.165, 1.54) is 0 Å². The molecule has 1 aliphatic heterocycles. The van der Waals surface area contributed by atoms with E-state index in [1.807, 2.05) is 13.0 Å². The highest BCUT2D eigenvalue weighted by atomic mass is 16.5. The summed E-state index contributed by atoms with van der Waals surface area (Å²) in [5, 5.41) is 0. The van der Waals surface area contributed by atoms with Crippen LogP contribution in [0.5, 0.6) is 5.75 Å². The summed E-state index contributed by atoms with van der Waals surface area (Å²) in [6.07, 6.45) is 0.241. The van der Waals surface area contributed by atoms with Crippen molar-refractivity contribution in [2.45, 2.75) is 26.9 Å². The SMILES string of the molecule is Cc1cc2c(c(C)c1N)N(C)CC(C)O2. The molecule has 0 spiro atoms. The Hall–Kier alpha value is -1.38. The normalized spacial score (nSPS) is 19.7. The first kappa shape index (κ1) is 10.1. The first-order valence-electron chi connectivity index (χ1n) is 5.28. The lowest BCUT2D eigenvalue weighted by atomic mass is 10.0. The number of ether oxygens (including phenoxy) is 1. The molecule has 1 aromatic carbocycles. The maximum Gasteiger partial charge on any atom is 0.143 e. The second kappa shape index (κ2) is 3.33. The summed E-state index contributed by atoms with van der Waals surface area (Å²) >= 11 is 0. The molecule has 0 saturated heterocycles. The number of rotatable bonds is 0. The Bertz CT molecular complexity index is 401. The van der Waals surface area contributed by atoms with Gasteiger partial charge in [0.2, 0.25) is 0 Å². The zero-order valence-corrected chi connectivity index (χ0v) is 9.79. The number of nitrogens with two attached hydrogens (primary N) is 1. The molecule has 0 saturated carbocycles. The first-order valence-corrected chi connectivity index (χ1v) is 5.28. The van der Waals surface area contributed by atoms with Gasteiger partial charge in [0.05, 0.1) is 12.2 Å². The van der Waals surface area contributed by atoms with E-state index in [2.05, 4.69) is 25.8 Å². The smallest absolute Gasteiger partial charge is 0.143 e. The summed E-state index contributed by atoms with van der Waals surface area (Å²) in [4.78, 5) is 2.22. The molecule has 0 aliphatic carbocycles. The monoisotopic (exact) mass is 206 g/mol. The maximum absolute atomic E-state index is 6.02. The third-order valence-corrected chi connectivity index (χ3v) is 3.01. The van der Waals surface area contributed by atoms with E-state index >= 15 is 0 Å². The fourth-order valence-electron chi connectivity index (χ4n) is 2.25. The Morgan fingerprint density at radius 1 is 1.47 bits per heavy atom. The van der Waals surface area contributed by atoms with Crippen LogP contribution < -0.4 is 15.4 Å². The molecule has 15 heavy (non-hydrogen) atoms. The molecule has 1 atom stereocenters. The van der Waals surface area contributed by atoms with Crippen LogP contribution in [-0.2, 0) is 0 Å². The molecule has 0 radical (unpaired) electrons. The second-order valence-electron chi connectivity index (χ2n) is 4.39. The third kappa shape index (κ3) is 1.52. The van der Waals surface area contributed by atoms with Gasteiger partial charge in [-0.05, 0) is 38.0 Å². The van der Waals surface area contributed by atoms with Crippen molar-refractivity contribution >= 4 is 11.4 Å². The van der Waals surface area contributed by atoms with E-state index in [9.17, 15) is 0 Å². The highest BCUT2D eigenvalue weighted by molar-refractivity contribution is 5.74. The van der Waals surface area contributed by atoms with Crippen molar-refractivity contribution in [1.82, 2.24) is 0 Å². The Labute approximate surface area is 90.8 Å². The molecule has 3 heteroatoms. The fraction of sp³-hybridized carbons (Fsp3) is 0.500. The molecule has 0 amide bonds. The van der Waals surface area contributed by atoms with E-state index in [-0.39, 0.29) is 6.10 Å². The van der Waals surface area contributed by atoms with Crippen molar-refractivity contribution in [1.29, 1.82) is 0 Å². The number of fused-ring (bicyclic) bond motifs is 1. The van der Waals surface area contributed by atoms with E-state index in [0.717, 1.165) is 34.8 Å². The van der Waals surface area contributed by atoms with Crippen LogP contribution in [0.3, 0.4) is 0 Å². The van der Waals surface area contributed by atoms with Crippen LogP contribution in [0.2, 0.25) is 0 Å². The number of aryl methyl sites for hydroxylation is 1. The second-order valence-corrected chi connectivity index (χ2v) is 4.39. The topological polar surface area (TPSA) is 38.5 Å². The highest BCUT2D eigenvalue weighted by Gasteiger charge is 2.23. The van der Waals surface area contributed by atoms with Crippen LogP contribution in [-0.4, -0.2) is 19.7 Å². The lowest BCUT2D eigenvalue weighted by Crippen LogP contribution is -2.36. The van der Waals surface area contributed by atoms with Crippen LogP contribution in [0.4, 0.5) is 11.4 Å². The molecule has 1 aliphatic rings. The van der Waals surface area contributed by atoms with Crippen LogP contribution >= 0.6 is 0 Å². The minimum atomic E-state index is 0.241. The molecule has 82 valence electrons. The first-order chi connectivity index (χ1) is 7.00. The van der Waals surface area contributed by atoms with Gasteiger partial charge in [0.15, 0.2) is 0 Å². The zero-order chi connectivity index (χ0) is 11.2. The summed E-state index contributed by atoms with van der Waals surface area (Å²) in [7, 11) is 2.08. The van der Waals surface area contributed by atoms with Gasteiger partial charge in [0.25, 0.3) is 0 Å². The molecule has 0 bridgehead atoms. The minimum absolute atomic E-state index is 0.241. The van der Waals surface area contributed by atoms with Crippen molar-refractivity contribution < 1.29 is 4.74 Å². The number of anilines is 2. The lowest BCUT2D eigenvalue weighted by molar-refractivity contribution is 0.215. The van der Waals surface area contributed by atoms with Crippen LogP contribution in [0.15, 0.2) is 6.07 Å². The fourth-order valence-corrected chi connectivity index (χ4v) is 2.25. The van der Waals surface area contributed by atoms with Gasteiger partial charge < -0.3 is 15.4 Å². The van der Waals surface area contributed by atoms with Gasteiger partial charge >= 0.3 is 0 Å². The molecule has 1 unspecified atom stereocenters. The van der Waals surface area contributed by atoms with Gasteiger partial charge in [0, 0.05) is 12.7 Å². The van der Waals surface area contributed by atoms with E-state index in [1.54, 1.807) is 0 Å². The average molecular weight is 206 g/mol. The third-order valence-electron chi connectivity index (χ3n) is 3.01. The molecule has 1 aromatic rings. The summed E-state index contributed by atoms with van der Waals surface area (Å²) in [5.74, 6) is 0.959. The highest BCUT2D eigenvalue weighted by Crippen LogP contribution is 2.39. The van der Waals surface area contributed by atoms with E-state index in [4.69, 9.17) is 10.5 Å². The standard InChI is InChI=1S/C12H18N2O/c1-7-5-10-12(9(3)11(7)13)14(4)6-8(2)15-10/h5,8H,6,13H2,1-4H3. The molecular weight excluding hydrogens is 188 g/mol. The number of nitrogens with zero attached hydrogens (tertiary/aromatic N) is 1. The molecule has 2 rings (SSSR count). The lowest BCUT2D eigenvalue weighted by Gasteiger charge is -2.34. The number of hydrogen-bond donors (Lipinski definition) is 1. The predicted molar refractivity (Wildman–Crippen MR) is 63.7 cm³/mol. The van der Waals surface area contributed by atoms with Gasteiger partial charge in [-0.15, -0.1) is 0 Å². The number of benzene rings is 1. The quantitative estimate of drug-likeness (QED) is 0.661. The van der Waals surface area contributed by atoms with Crippen LogP contribution in [0.1, 0.15) is 18.1 Å². The Morgan fingerprint density at radius 2 is 2.13 bits per heavy atom. The van der Waals surface area contributed by atoms with Gasteiger partial charge in [0.1, 0.15) is 11.9 Å². The molecule has 3 nitrogen and oxygen atoms in total. The van der Waals surface area contributed by atoms with Crippen LogP contribution in [0.25, 0.3) is 0 Å². The Balaban J connectivity index is 2.60. The summed E-state index contributed by atoms with van der Waals surface area (Å²) < 4.78 is 5.82. The van der Waals surface area contributed by atoms with Crippen molar-refractivity contribution in [3.05, 3.63) is 17.2 Å². The predicted octanol–water partition coefficient (Wildman–Crippen LogP) is 2.10. The zero-order valence-electron chi connectivity index (χ0n) is 9.79. The number of nitrogen functional groups attached to an aromatic ring is 1. The largest absolute Gasteiger partial charge is 0.487 e. The maximum atomic E-state index is 6.02. The van der Waals surface area contributed by atoms with E-state index in [0.29, 0.717) is 0 Å².